The number of nitrogen functional groups attached to an aromatic ring is 1. The quantitative estimate of drug-likeness (QED) is 0.713. The van der Waals surface area contributed by atoms with E-state index in [1.54, 1.807) is 6.20 Å². The molecule has 0 saturated heterocycles. The number of fused-ring (bicyclic) bond motifs is 3. The first-order chi connectivity index (χ1) is 8.77. The summed E-state index contributed by atoms with van der Waals surface area (Å²) >= 11 is 0. The molecule has 1 atom stereocenters. The molecule has 4 rings (SSSR count). The molecule has 0 radical (unpaired) electrons. The molecule has 1 aromatic carbocycles. The molecule has 1 aliphatic heterocycles. The van der Waals surface area contributed by atoms with E-state index in [0.29, 0.717) is 0 Å². The van der Waals surface area contributed by atoms with Crippen LogP contribution in [0.5, 0.6) is 0 Å². The lowest BCUT2D eigenvalue weighted by molar-refractivity contribution is 0.639. The highest BCUT2D eigenvalue weighted by Crippen LogP contribution is 2.45. The van der Waals surface area contributed by atoms with Crippen LogP contribution in [-0.2, 0) is 18.3 Å². The Morgan fingerprint density at radius 1 is 1.11 bits per heavy atom. The highest BCUT2D eigenvalue weighted by molar-refractivity contribution is 5.86. The number of aliphatic imine (C=N–C) groups is 1. The van der Waals surface area contributed by atoms with Crippen molar-refractivity contribution in [2.45, 2.75) is 18.3 Å². The largest absolute Gasteiger partial charge is 0.399 e. The molecule has 2 aliphatic rings. The fraction of sp³-hybridized carbons (Fsp3) is 0.200. The number of nitrogens with zero attached hydrogens (tertiary/aromatic N) is 2. The standard InChI is InChI=1S/C15H13N3/c16-12-4-3-10-7-15(8-11(10)6-12)9-18-14-13(15)2-1-5-17-14/h1-6,9H,7-8,16H2/t15-/m0/s1. The van der Waals surface area contributed by atoms with Crippen molar-refractivity contribution in [3.05, 3.63) is 53.2 Å². The monoisotopic (exact) mass is 235 g/mol. The van der Waals surface area contributed by atoms with Crippen LogP contribution in [0.25, 0.3) is 0 Å². The van der Waals surface area contributed by atoms with Gasteiger partial charge in [0.15, 0.2) is 5.82 Å². The maximum Gasteiger partial charge on any atom is 0.155 e. The average Bonchev–Trinajstić information content (AvgIpc) is 2.92. The van der Waals surface area contributed by atoms with Crippen LogP contribution in [-0.4, -0.2) is 11.2 Å². The Labute approximate surface area is 105 Å². The van der Waals surface area contributed by atoms with Crippen LogP contribution < -0.4 is 5.73 Å². The number of aromatic nitrogens is 1. The van der Waals surface area contributed by atoms with Gasteiger partial charge in [-0.05, 0) is 42.2 Å². The fourth-order valence-electron chi connectivity index (χ4n) is 3.15. The molecule has 3 heteroatoms. The van der Waals surface area contributed by atoms with Crippen molar-refractivity contribution < 1.29 is 0 Å². The van der Waals surface area contributed by atoms with E-state index in [1.807, 2.05) is 12.1 Å². The summed E-state index contributed by atoms with van der Waals surface area (Å²) in [6.07, 6.45) is 5.86. The van der Waals surface area contributed by atoms with E-state index < -0.39 is 0 Å². The van der Waals surface area contributed by atoms with Crippen LogP contribution in [0, 0.1) is 0 Å². The van der Waals surface area contributed by atoms with E-state index in [4.69, 9.17) is 5.73 Å². The fourth-order valence-corrected chi connectivity index (χ4v) is 3.15. The summed E-state index contributed by atoms with van der Waals surface area (Å²) in [4.78, 5) is 8.81. The molecule has 88 valence electrons. The molecule has 2 heterocycles. The molecule has 2 aromatic rings. The SMILES string of the molecule is Nc1ccc2c(c1)C[C@]1(C=Nc3ncccc31)C2. The third-order valence-corrected chi connectivity index (χ3v) is 4.00. The minimum atomic E-state index is 0.0136. The van der Waals surface area contributed by atoms with Crippen molar-refractivity contribution in [3.8, 4) is 0 Å². The lowest BCUT2D eigenvalue weighted by atomic mass is 9.81. The predicted molar refractivity (Wildman–Crippen MR) is 72.3 cm³/mol. The Bertz CT molecular complexity index is 675. The smallest absolute Gasteiger partial charge is 0.155 e. The molecule has 0 unspecified atom stereocenters. The van der Waals surface area contributed by atoms with E-state index in [1.165, 1.54) is 16.7 Å². The van der Waals surface area contributed by atoms with Crippen molar-refractivity contribution >= 4 is 17.7 Å². The summed E-state index contributed by atoms with van der Waals surface area (Å²) in [7, 11) is 0. The molecule has 3 nitrogen and oxygen atoms in total. The number of anilines is 1. The summed E-state index contributed by atoms with van der Waals surface area (Å²) in [6.45, 7) is 0. The first kappa shape index (κ1) is 9.83. The number of nitrogens with two attached hydrogens (primary N) is 1. The van der Waals surface area contributed by atoms with E-state index in [0.717, 1.165) is 24.3 Å². The van der Waals surface area contributed by atoms with E-state index in [2.05, 4.69) is 34.4 Å². The van der Waals surface area contributed by atoms with Crippen molar-refractivity contribution in [1.82, 2.24) is 4.98 Å². The van der Waals surface area contributed by atoms with Gasteiger partial charge in [0.05, 0.1) is 0 Å². The van der Waals surface area contributed by atoms with Gasteiger partial charge in [-0.1, -0.05) is 12.1 Å². The molecule has 2 N–H and O–H groups in total. The summed E-state index contributed by atoms with van der Waals surface area (Å²) < 4.78 is 0. The molecule has 18 heavy (non-hydrogen) atoms. The minimum absolute atomic E-state index is 0.0136. The second-order valence-corrected chi connectivity index (χ2v) is 5.17. The van der Waals surface area contributed by atoms with Crippen LogP contribution in [0.3, 0.4) is 0 Å². The van der Waals surface area contributed by atoms with E-state index in [-0.39, 0.29) is 5.41 Å². The van der Waals surface area contributed by atoms with Crippen LogP contribution in [0.1, 0.15) is 16.7 Å². The molecular formula is C15H13N3. The maximum absolute atomic E-state index is 5.87. The van der Waals surface area contributed by atoms with Crippen LogP contribution in [0.4, 0.5) is 11.5 Å². The van der Waals surface area contributed by atoms with Crippen molar-refractivity contribution in [3.63, 3.8) is 0 Å². The topological polar surface area (TPSA) is 51.3 Å². The Kier molecular flexibility index (Phi) is 1.74. The first-order valence-electron chi connectivity index (χ1n) is 6.15. The molecular weight excluding hydrogens is 222 g/mol. The summed E-state index contributed by atoms with van der Waals surface area (Å²) in [5.41, 5.74) is 10.7. The normalized spacial score (nSPS) is 23.3. The van der Waals surface area contributed by atoms with Gasteiger partial charge in [-0.2, -0.15) is 0 Å². The number of benzene rings is 1. The summed E-state index contributed by atoms with van der Waals surface area (Å²) in [6, 6.07) is 10.3. The third kappa shape index (κ3) is 1.19. The maximum atomic E-state index is 5.87. The lowest BCUT2D eigenvalue weighted by Crippen LogP contribution is -2.25. The van der Waals surface area contributed by atoms with Gasteiger partial charge in [0.1, 0.15) is 0 Å². The summed E-state index contributed by atoms with van der Waals surface area (Å²) in [5, 5.41) is 0. The highest BCUT2D eigenvalue weighted by atomic mass is 14.9. The minimum Gasteiger partial charge on any atom is -0.399 e. The van der Waals surface area contributed by atoms with Gasteiger partial charge in [-0.25, -0.2) is 9.98 Å². The van der Waals surface area contributed by atoms with Crippen LogP contribution in [0.15, 0.2) is 41.5 Å². The van der Waals surface area contributed by atoms with Crippen LogP contribution >= 0.6 is 0 Å². The zero-order valence-corrected chi connectivity index (χ0v) is 9.93. The van der Waals surface area contributed by atoms with Crippen LogP contribution in [0.2, 0.25) is 0 Å². The summed E-state index contributed by atoms with van der Waals surface area (Å²) in [5.74, 6) is 0.873. The Balaban J connectivity index is 1.85. The van der Waals surface area contributed by atoms with Gasteiger partial charge in [-0.15, -0.1) is 0 Å². The number of hydrogen-bond acceptors (Lipinski definition) is 3. The average molecular weight is 235 g/mol. The van der Waals surface area contributed by atoms with E-state index >= 15 is 0 Å². The predicted octanol–water partition coefficient (Wildman–Crippen LogP) is 2.42. The van der Waals surface area contributed by atoms with Gasteiger partial charge in [-0.3, -0.25) is 0 Å². The highest BCUT2D eigenvalue weighted by Gasteiger charge is 2.42. The molecule has 1 spiro atoms. The zero-order valence-electron chi connectivity index (χ0n) is 9.93. The van der Waals surface area contributed by atoms with Gasteiger partial charge in [0.25, 0.3) is 0 Å². The van der Waals surface area contributed by atoms with Crippen molar-refractivity contribution in [2.75, 3.05) is 5.73 Å². The van der Waals surface area contributed by atoms with Crippen molar-refractivity contribution in [1.29, 1.82) is 0 Å². The lowest BCUT2D eigenvalue weighted by Gasteiger charge is -2.20. The number of pyridine rings is 1. The van der Waals surface area contributed by atoms with E-state index in [9.17, 15) is 0 Å². The zero-order chi connectivity index (χ0) is 12.2. The van der Waals surface area contributed by atoms with Crippen molar-refractivity contribution in [2.24, 2.45) is 4.99 Å². The van der Waals surface area contributed by atoms with Gasteiger partial charge in [0.2, 0.25) is 0 Å². The first-order valence-corrected chi connectivity index (χ1v) is 6.15. The molecule has 0 saturated carbocycles. The van der Waals surface area contributed by atoms with Gasteiger partial charge < -0.3 is 5.73 Å². The second kappa shape index (κ2) is 3.19. The molecule has 1 aromatic heterocycles. The molecule has 0 bridgehead atoms. The number of rotatable bonds is 0. The Morgan fingerprint density at radius 3 is 2.94 bits per heavy atom. The number of hydrogen-bond donors (Lipinski definition) is 1. The molecule has 0 amide bonds. The molecule has 0 fully saturated rings. The third-order valence-electron chi connectivity index (χ3n) is 4.00. The van der Waals surface area contributed by atoms with Gasteiger partial charge in [0, 0.05) is 29.1 Å². The van der Waals surface area contributed by atoms with Gasteiger partial charge >= 0.3 is 0 Å². The second-order valence-electron chi connectivity index (χ2n) is 5.17. The molecule has 1 aliphatic carbocycles. The Hall–Kier alpha value is -2.16. The Morgan fingerprint density at radius 2 is 2.00 bits per heavy atom.